The number of fused-ring (bicyclic) bond motifs is 1. The minimum atomic E-state index is -4.42. The number of hydrogen-bond acceptors (Lipinski definition) is 5. The van der Waals surface area contributed by atoms with E-state index >= 15 is 0 Å². The summed E-state index contributed by atoms with van der Waals surface area (Å²) < 4.78 is 45.9. The highest BCUT2D eigenvalue weighted by Crippen LogP contribution is 2.31. The Bertz CT molecular complexity index is 1110. The van der Waals surface area contributed by atoms with Crippen molar-refractivity contribution in [1.29, 1.82) is 0 Å². The smallest absolute Gasteiger partial charge is 0.416 e. The van der Waals surface area contributed by atoms with E-state index in [9.17, 15) is 18.0 Å². The Hall–Kier alpha value is -2.81. The molecule has 1 aromatic carbocycles. The molecule has 0 saturated carbocycles. The zero-order valence-electron chi connectivity index (χ0n) is 13.2. The van der Waals surface area contributed by atoms with Crippen molar-refractivity contribution in [3.05, 3.63) is 73.7 Å². The summed E-state index contributed by atoms with van der Waals surface area (Å²) in [5.74, 6) is 0.552. The van der Waals surface area contributed by atoms with Crippen molar-refractivity contribution in [2.45, 2.75) is 12.8 Å². The number of nitrogens with zero attached hydrogens (tertiary/aromatic N) is 3. The number of benzene rings is 1. The second-order valence-corrected chi connectivity index (χ2v) is 6.68. The number of halogens is 3. The molecule has 9 heteroatoms. The molecule has 0 amide bonds. The van der Waals surface area contributed by atoms with Crippen LogP contribution in [0, 0.1) is 0 Å². The van der Waals surface area contributed by atoms with Gasteiger partial charge in [-0.05, 0) is 30.3 Å². The predicted molar refractivity (Wildman–Crippen MR) is 90.4 cm³/mol. The van der Waals surface area contributed by atoms with Gasteiger partial charge < -0.3 is 9.32 Å². The van der Waals surface area contributed by atoms with Gasteiger partial charge in [0.1, 0.15) is 19.1 Å². The first-order valence-electron chi connectivity index (χ1n) is 7.63. The average Bonchev–Trinajstić information content (AvgIpc) is 3.23. The Kier molecular flexibility index (Phi) is 3.95. The van der Waals surface area contributed by atoms with Crippen molar-refractivity contribution in [2.24, 2.45) is 4.99 Å². The summed E-state index contributed by atoms with van der Waals surface area (Å²) >= 11 is 1.23. The van der Waals surface area contributed by atoms with Crippen LogP contribution in [0.15, 0.2) is 56.9 Å². The second-order valence-electron chi connectivity index (χ2n) is 5.67. The lowest BCUT2D eigenvalue weighted by atomic mass is 10.2. The molecule has 26 heavy (non-hydrogen) atoms. The van der Waals surface area contributed by atoms with Crippen LogP contribution in [0.1, 0.15) is 11.3 Å². The minimum Gasteiger partial charge on any atom is -0.465 e. The Morgan fingerprint density at radius 1 is 1.23 bits per heavy atom. The van der Waals surface area contributed by atoms with Crippen LogP contribution in [0.3, 0.4) is 0 Å². The molecule has 0 unspecified atom stereocenters. The highest BCUT2D eigenvalue weighted by Gasteiger charge is 2.31. The fourth-order valence-electron chi connectivity index (χ4n) is 2.66. The van der Waals surface area contributed by atoms with Gasteiger partial charge in [0.15, 0.2) is 4.80 Å². The van der Waals surface area contributed by atoms with E-state index in [2.05, 4.69) is 4.99 Å². The molecule has 0 saturated heterocycles. The zero-order valence-corrected chi connectivity index (χ0v) is 14.0. The number of hydrogen-bond donors (Lipinski definition) is 0. The van der Waals surface area contributed by atoms with Gasteiger partial charge in [-0.2, -0.15) is 13.2 Å². The van der Waals surface area contributed by atoms with Crippen LogP contribution in [0.5, 0.6) is 0 Å². The fraction of sp³-hybridized carbons (Fsp3) is 0.176. The van der Waals surface area contributed by atoms with E-state index in [1.165, 1.54) is 28.2 Å². The largest absolute Gasteiger partial charge is 0.465 e. The summed E-state index contributed by atoms with van der Waals surface area (Å²) in [6.45, 7) is 0.322. The number of rotatable bonds is 2. The van der Waals surface area contributed by atoms with Crippen molar-refractivity contribution in [3.63, 3.8) is 0 Å². The molecule has 0 N–H and O–H groups in total. The number of alkyl halides is 3. The SMILES string of the molecule is O=c1c(=Cc2ccco2)sc2n1CN(c1cccc(C(F)(F)F)c1)CN=2. The van der Waals surface area contributed by atoms with Gasteiger partial charge in [0.2, 0.25) is 0 Å². The molecule has 0 fully saturated rings. The van der Waals surface area contributed by atoms with E-state index in [4.69, 9.17) is 4.42 Å². The quantitative estimate of drug-likeness (QED) is 0.687. The molecule has 0 radical (unpaired) electrons. The molecule has 2 aromatic heterocycles. The van der Waals surface area contributed by atoms with E-state index in [1.807, 2.05) is 0 Å². The van der Waals surface area contributed by atoms with Gasteiger partial charge in [-0.3, -0.25) is 9.36 Å². The third kappa shape index (κ3) is 3.05. The fourth-order valence-corrected chi connectivity index (χ4v) is 3.60. The minimum absolute atomic E-state index is 0.140. The highest BCUT2D eigenvalue weighted by atomic mass is 32.1. The van der Waals surface area contributed by atoms with Crippen LogP contribution in [0.4, 0.5) is 18.9 Å². The molecule has 0 spiro atoms. The number of thiazole rings is 1. The molecule has 4 rings (SSSR count). The topological polar surface area (TPSA) is 50.7 Å². The summed E-state index contributed by atoms with van der Waals surface area (Å²) in [7, 11) is 0. The number of anilines is 1. The molecule has 0 aliphatic carbocycles. The first kappa shape index (κ1) is 16.6. The van der Waals surface area contributed by atoms with Crippen LogP contribution < -0.4 is 19.8 Å². The van der Waals surface area contributed by atoms with Gasteiger partial charge in [0.05, 0.1) is 16.4 Å². The highest BCUT2D eigenvalue weighted by molar-refractivity contribution is 7.07. The first-order valence-corrected chi connectivity index (χ1v) is 8.45. The lowest BCUT2D eigenvalue weighted by Crippen LogP contribution is -2.42. The van der Waals surface area contributed by atoms with Gasteiger partial charge >= 0.3 is 6.18 Å². The van der Waals surface area contributed by atoms with Gasteiger partial charge in [0.25, 0.3) is 5.56 Å². The molecule has 3 aromatic rings. The van der Waals surface area contributed by atoms with Gasteiger partial charge in [-0.1, -0.05) is 17.4 Å². The van der Waals surface area contributed by atoms with E-state index in [1.54, 1.807) is 29.2 Å². The molecule has 1 aliphatic heterocycles. The van der Waals surface area contributed by atoms with Crippen LogP contribution in [-0.4, -0.2) is 11.2 Å². The Balaban J connectivity index is 1.69. The van der Waals surface area contributed by atoms with Crippen molar-refractivity contribution in [2.75, 3.05) is 11.6 Å². The Morgan fingerprint density at radius 3 is 2.81 bits per heavy atom. The average molecular weight is 379 g/mol. The van der Waals surface area contributed by atoms with Crippen LogP contribution in [0.2, 0.25) is 0 Å². The van der Waals surface area contributed by atoms with Gasteiger partial charge in [-0.15, -0.1) is 0 Å². The molecule has 3 heterocycles. The molecule has 134 valence electrons. The lowest BCUT2D eigenvalue weighted by Gasteiger charge is -2.26. The molecule has 0 atom stereocenters. The third-order valence-corrected chi connectivity index (χ3v) is 4.98. The van der Waals surface area contributed by atoms with Crippen LogP contribution in [-0.2, 0) is 12.8 Å². The molecular weight excluding hydrogens is 367 g/mol. The van der Waals surface area contributed by atoms with E-state index < -0.39 is 11.7 Å². The van der Waals surface area contributed by atoms with Crippen molar-refractivity contribution >= 4 is 23.1 Å². The number of aromatic nitrogens is 1. The first-order chi connectivity index (χ1) is 12.4. The Labute approximate surface area is 148 Å². The predicted octanol–water partition coefficient (Wildman–Crippen LogP) is 2.41. The zero-order chi connectivity index (χ0) is 18.3. The summed E-state index contributed by atoms with van der Waals surface area (Å²) in [6.07, 6.45) is -1.28. The van der Waals surface area contributed by atoms with Gasteiger partial charge in [0, 0.05) is 11.8 Å². The number of furan rings is 1. The Morgan fingerprint density at radius 2 is 2.08 bits per heavy atom. The normalized spacial score (nSPS) is 15.0. The summed E-state index contributed by atoms with van der Waals surface area (Å²) in [5.41, 5.74) is -0.615. The molecule has 1 aliphatic rings. The van der Waals surface area contributed by atoms with Gasteiger partial charge in [-0.25, -0.2) is 4.99 Å². The molecule has 0 bridgehead atoms. The maximum atomic E-state index is 12.9. The summed E-state index contributed by atoms with van der Waals surface area (Å²) in [5, 5.41) is 0. The van der Waals surface area contributed by atoms with Crippen LogP contribution in [0.25, 0.3) is 6.08 Å². The third-order valence-electron chi connectivity index (χ3n) is 3.93. The molecule has 5 nitrogen and oxygen atoms in total. The summed E-state index contributed by atoms with van der Waals surface area (Å²) in [6, 6.07) is 8.45. The maximum absolute atomic E-state index is 12.9. The van der Waals surface area contributed by atoms with E-state index in [0.717, 1.165) is 12.1 Å². The van der Waals surface area contributed by atoms with E-state index in [0.29, 0.717) is 20.8 Å². The summed E-state index contributed by atoms with van der Waals surface area (Å²) in [4.78, 5) is 19.1. The lowest BCUT2D eigenvalue weighted by molar-refractivity contribution is -0.137. The monoisotopic (exact) mass is 379 g/mol. The van der Waals surface area contributed by atoms with Crippen LogP contribution >= 0.6 is 11.3 Å². The van der Waals surface area contributed by atoms with E-state index in [-0.39, 0.29) is 18.9 Å². The molecular formula is C17H12F3N3O2S. The maximum Gasteiger partial charge on any atom is 0.416 e. The van der Waals surface area contributed by atoms with Crippen molar-refractivity contribution in [3.8, 4) is 0 Å². The van der Waals surface area contributed by atoms with Crippen molar-refractivity contribution in [1.82, 2.24) is 4.57 Å². The standard InChI is InChI=1S/C17H12F3N3O2S/c18-17(19,20)11-3-1-4-12(7-11)22-9-21-16-23(10-22)15(24)14(26-16)8-13-5-2-6-25-13/h1-8H,9-10H2. The second kappa shape index (κ2) is 6.17. The van der Waals surface area contributed by atoms with Crippen molar-refractivity contribution < 1.29 is 17.6 Å².